The summed E-state index contributed by atoms with van der Waals surface area (Å²) in [5.74, 6) is 2.55. The maximum Gasteiger partial charge on any atom is 0.0662 e. The Hall–Kier alpha value is -0.830. The minimum atomic E-state index is 0.771. The van der Waals surface area contributed by atoms with Crippen LogP contribution in [0.5, 0.6) is 0 Å². The van der Waals surface area contributed by atoms with Gasteiger partial charge in [-0.1, -0.05) is 0 Å². The Kier molecular flexibility index (Phi) is 1.17. The van der Waals surface area contributed by atoms with Crippen molar-refractivity contribution in [1.82, 2.24) is 15.1 Å². The highest BCUT2D eigenvalue weighted by atomic mass is 15.3. The molecule has 64 valence electrons. The molecule has 2 heterocycles. The molecular formula is C9H13N3. The molecule has 0 amide bonds. The third-order valence-electron chi connectivity index (χ3n) is 3.17. The number of aryl methyl sites for hydroxylation is 1. The molecule has 0 bridgehead atoms. The average molecular weight is 163 g/mol. The number of rotatable bonds is 1. The van der Waals surface area contributed by atoms with Gasteiger partial charge in [-0.25, -0.2) is 0 Å². The average Bonchev–Trinajstić information content (AvgIpc) is 2.55. The van der Waals surface area contributed by atoms with E-state index in [0.717, 1.165) is 17.8 Å². The van der Waals surface area contributed by atoms with Gasteiger partial charge in [0.2, 0.25) is 0 Å². The van der Waals surface area contributed by atoms with E-state index in [9.17, 15) is 0 Å². The first-order valence-corrected chi connectivity index (χ1v) is 4.56. The van der Waals surface area contributed by atoms with Crippen molar-refractivity contribution in [2.45, 2.75) is 5.92 Å². The van der Waals surface area contributed by atoms with E-state index < -0.39 is 0 Å². The van der Waals surface area contributed by atoms with Crippen LogP contribution >= 0.6 is 0 Å². The number of fused-ring (bicyclic) bond motifs is 1. The summed E-state index contributed by atoms with van der Waals surface area (Å²) in [5.41, 5.74) is 1.30. The van der Waals surface area contributed by atoms with Crippen molar-refractivity contribution in [3.63, 3.8) is 0 Å². The lowest BCUT2D eigenvalue weighted by molar-refractivity contribution is 0.657. The van der Waals surface area contributed by atoms with Crippen molar-refractivity contribution in [3.8, 4) is 0 Å². The van der Waals surface area contributed by atoms with E-state index >= 15 is 0 Å². The molecule has 0 aromatic carbocycles. The van der Waals surface area contributed by atoms with Crippen LogP contribution in [0, 0.1) is 11.8 Å². The van der Waals surface area contributed by atoms with Gasteiger partial charge in [0.05, 0.1) is 5.69 Å². The van der Waals surface area contributed by atoms with Gasteiger partial charge in [0.1, 0.15) is 0 Å². The maximum absolute atomic E-state index is 4.44. The van der Waals surface area contributed by atoms with Crippen LogP contribution in [0.25, 0.3) is 0 Å². The molecule has 3 heteroatoms. The molecule has 3 rings (SSSR count). The fourth-order valence-electron chi connectivity index (χ4n) is 2.47. The summed E-state index contributed by atoms with van der Waals surface area (Å²) in [6, 6.07) is 2.16. The number of hydrogen-bond acceptors (Lipinski definition) is 2. The fraction of sp³-hybridized carbons (Fsp3) is 0.667. The van der Waals surface area contributed by atoms with Crippen molar-refractivity contribution >= 4 is 0 Å². The molecule has 1 aromatic heterocycles. The molecule has 1 unspecified atom stereocenters. The minimum absolute atomic E-state index is 0.771. The highest BCUT2D eigenvalue weighted by Gasteiger charge is 2.54. The Labute approximate surface area is 71.8 Å². The standard InChI is InChI=1S/C9H13N3/c1-12-3-2-8(11-12)9-6-4-10-5-7(6)9/h2-3,6-7,9-10H,4-5H2,1H3/t6-,7+,9?. The lowest BCUT2D eigenvalue weighted by atomic mass is 10.2. The van der Waals surface area contributed by atoms with E-state index in [1.165, 1.54) is 18.8 Å². The number of nitrogens with zero attached hydrogens (tertiary/aromatic N) is 2. The van der Waals surface area contributed by atoms with Crippen LogP contribution < -0.4 is 5.32 Å². The first-order chi connectivity index (χ1) is 5.86. The Morgan fingerprint density at radius 2 is 2.25 bits per heavy atom. The van der Waals surface area contributed by atoms with Gasteiger partial charge < -0.3 is 5.32 Å². The van der Waals surface area contributed by atoms with E-state index in [1.54, 1.807) is 0 Å². The van der Waals surface area contributed by atoms with Gasteiger partial charge in [0.25, 0.3) is 0 Å². The lowest BCUT2D eigenvalue weighted by Gasteiger charge is -1.99. The number of aromatic nitrogens is 2. The van der Waals surface area contributed by atoms with Crippen LogP contribution in [0.15, 0.2) is 12.3 Å². The van der Waals surface area contributed by atoms with E-state index in [0.29, 0.717) is 0 Å². The van der Waals surface area contributed by atoms with Crippen molar-refractivity contribution in [2.75, 3.05) is 13.1 Å². The van der Waals surface area contributed by atoms with Crippen LogP contribution in [0.1, 0.15) is 11.6 Å². The van der Waals surface area contributed by atoms with Gasteiger partial charge in [-0.2, -0.15) is 5.10 Å². The molecule has 1 aliphatic carbocycles. The third kappa shape index (κ3) is 0.771. The minimum Gasteiger partial charge on any atom is -0.316 e. The fourth-order valence-corrected chi connectivity index (χ4v) is 2.47. The number of piperidine rings is 1. The zero-order valence-electron chi connectivity index (χ0n) is 7.20. The SMILES string of the molecule is Cn1ccc(C2[C@H]3CNC[C@@H]23)n1. The smallest absolute Gasteiger partial charge is 0.0662 e. The van der Waals surface area contributed by atoms with Gasteiger partial charge in [-0.3, -0.25) is 4.68 Å². The Morgan fingerprint density at radius 1 is 1.50 bits per heavy atom. The van der Waals surface area contributed by atoms with E-state index in [2.05, 4.69) is 16.5 Å². The van der Waals surface area contributed by atoms with E-state index in [1.807, 2.05) is 17.9 Å². The molecule has 1 saturated carbocycles. The normalized spacial score (nSPS) is 38.2. The van der Waals surface area contributed by atoms with Gasteiger partial charge in [-0.15, -0.1) is 0 Å². The molecule has 12 heavy (non-hydrogen) atoms. The summed E-state index contributed by atoms with van der Waals surface area (Å²) in [5, 5.41) is 7.84. The summed E-state index contributed by atoms with van der Waals surface area (Å²) in [6.45, 7) is 2.40. The molecule has 1 aliphatic heterocycles. The lowest BCUT2D eigenvalue weighted by Crippen LogP contribution is -2.14. The van der Waals surface area contributed by atoms with Crippen LogP contribution in [0.4, 0.5) is 0 Å². The second-order valence-corrected chi connectivity index (χ2v) is 3.93. The monoisotopic (exact) mass is 163 g/mol. The second kappa shape index (κ2) is 2.10. The Morgan fingerprint density at radius 3 is 2.83 bits per heavy atom. The molecule has 3 nitrogen and oxygen atoms in total. The molecule has 0 radical (unpaired) electrons. The van der Waals surface area contributed by atoms with Crippen LogP contribution in [0.3, 0.4) is 0 Å². The summed E-state index contributed by atoms with van der Waals surface area (Å²) in [6.07, 6.45) is 2.04. The van der Waals surface area contributed by atoms with Crippen molar-refractivity contribution in [1.29, 1.82) is 0 Å². The van der Waals surface area contributed by atoms with Gasteiger partial charge in [-0.05, 0) is 31.0 Å². The van der Waals surface area contributed by atoms with Gasteiger partial charge in [0, 0.05) is 19.2 Å². The highest BCUT2D eigenvalue weighted by Crippen LogP contribution is 2.55. The summed E-state index contributed by atoms with van der Waals surface area (Å²) in [4.78, 5) is 0. The van der Waals surface area contributed by atoms with Crippen LogP contribution in [0.2, 0.25) is 0 Å². The number of nitrogens with one attached hydrogen (secondary N) is 1. The molecule has 3 atom stereocenters. The molecular weight excluding hydrogens is 150 g/mol. The molecule has 0 spiro atoms. The predicted molar refractivity (Wildman–Crippen MR) is 45.8 cm³/mol. The summed E-state index contributed by atoms with van der Waals surface area (Å²) in [7, 11) is 1.99. The van der Waals surface area contributed by atoms with Gasteiger partial charge in [0.15, 0.2) is 0 Å². The molecule has 1 N–H and O–H groups in total. The molecule has 2 fully saturated rings. The first-order valence-electron chi connectivity index (χ1n) is 4.56. The topological polar surface area (TPSA) is 29.9 Å². The summed E-state index contributed by atoms with van der Waals surface area (Å²) >= 11 is 0. The largest absolute Gasteiger partial charge is 0.316 e. The zero-order valence-corrected chi connectivity index (χ0v) is 7.20. The molecule has 2 aliphatic rings. The van der Waals surface area contributed by atoms with Crippen LogP contribution in [-0.2, 0) is 7.05 Å². The van der Waals surface area contributed by atoms with E-state index in [4.69, 9.17) is 0 Å². The zero-order chi connectivity index (χ0) is 8.13. The van der Waals surface area contributed by atoms with E-state index in [-0.39, 0.29) is 0 Å². The second-order valence-electron chi connectivity index (χ2n) is 3.93. The van der Waals surface area contributed by atoms with Crippen molar-refractivity contribution in [3.05, 3.63) is 18.0 Å². The maximum atomic E-state index is 4.44. The molecule has 1 saturated heterocycles. The number of hydrogen-bond donors (Lipinski definition) is 1. The predicted octanol–water partition coefficient (Wildman–Crippen LogP) is 0.353. The quantitative estimate of drug-likeness (QED) is 0.647. The summed E-state index contributed by atoms with van der Waals surface area (Å²) < 4.78 is 1.90. The Balaban J connectivity index is 1.84. The first kappa shape index (κ1) is 6.66. The third-order valence-corrected chi connectivity index (χ3v) is 3.17. The van der Waals surface area contributed by atoms with Gasteiger partial charge >= 0.3 is 0 Å². The molecule has 1 aromatic rings. The van der Waals surface area contributed by atoms with Crippen LogP contribution in [-0.4, -0.2) is 22.9 Å². The van der Waals surface area contributed by atoms with Crippen molar-refractivity contribution < 1.29 is 0 Å². The van der Waals surface area contributed by atoms with Crippen molar-refractivity contribution in [2.24, 2.45) is 18.9 Å². The Bertz CT molecular complexity index is 294. The highest BCUT2D eigenvalue weighted by molar-refractivity contribution is 5.23.